The highest BCUT2D eigenvalue weighted by Crippen LogP contribution is 2.34. The lowest BCUT2D eigenvalue weighted by Crippen LogP contribution is -2.49. The number of hydrogen-bond acceptors (Lipinski definition) is 5. The fraction of sp³-hybridized carbons (Fsp3) is 0.941. The molecule has 0 aromatic rings. The van der Waals surface area contributed by atoms with Gasteiger partial charge in [0.2, 0.25) is 0 Å². The van der Waals surface area contributed by atoms with Crippen molar-refractivity contribution in [2.45, 2.75) is 45.8 Å². The first-order valence-corrected chi connectivity index (χ1v) is 8.98. The molecule has 1 aliphatic carbocycles. The Morgan fingerprint density at radius 1 is 1.27 bits per heavy atom. The fourth-order valence-electron chi connectivity index (χ4n) is 3.78. The number of carbonyl (C=O) groups is 1. The van der Waals surface area contributed by atoms with Gasteiger partial charge in [0, 0.05) is 57.0 Å². The second-order valence-corrected chi connectivity index (χ2v) is 7.10. The molecule has 2 fully saturated rings. The maximum Gasteiger partial charge on any atom is 0.138 e. The first-order chi connectivity index (χ1) is 10.6. The van der Waals surface area contributed by atoms with Crippen LogP contribution in [0, 0.1) is 17.8 Å². The van der Waals surface area contributed by atoms with Crippen LogP contribution in [0.4, 0.5) is 0 Å². The molecular formula is C17H33N3O2. The summed E-state index contributed by atoms with van der Waals surface area (Å²) in [5, 5.41) is 17.1. The molecule has 0 radical (unpaired) electrons. The van der Waals surface area contributed by atoms with Gasteiger partial charge in [-0.2, -0.15) is 0 Å². The van der Waals surface area contributed by atoms with Gasteiger partial charge in [-0.1, -0.05) is 26.7 Å². The molecule has 128 valence electrons. The zero-order valence-electron chi connectivity index (χ0n) is 14.2. The molecule has 3 atom stereocenters. The Balaban J connectivity index is 1.78. The van der Waals surface area contributed by atoms with Crippen molar-refractivity contribution < 1.29 is 9.90 Å². The van der Waals surface area contributed by atoms with E-state index in [0.717, 1.165) is 65.0 Å². The summed E-state index contributed by atoms with van der Waals surface area (Å²) < 4.78 is 0. The van der Waals surface area contributed by atoms with Crippen LogP contribution in [0.3, 0.4) is 0 Å². The largest absolute Gasteiger partial charge is 0.378 e. The van der Waals surface area contributed by atoms with Gasteiger partial charge < -0.3 is 10.4 Å². The number of nitrogens with zero attached hydrogens (tertiary/aromatic N) is 1. The fourth-order valence-corrected chi connectivity index (χ4v) is 3.78. The summed E-state index contributed by atoms with van der Waals surface area (Å²) in [6, 6.07) is 0. The number of nitrogens with one attached hydrogen (secondary N) is 2. The number of piperazine rings is 1. The summed E-state index contributed by atoms with van der Waals surface area (Å²) in [7, 11) is 0. The zero-order chi connectivity index (χ0) is 15.9. The molecule has 1 heterocycles. The molecule has 1 saturated heterocycles. The molecule has 0 aromatic heterocycles. The predicted octanol–water partition coefficient (Wildman–Crippen LogP) is 0.831. The van der Waals surface area contributed by atoms with Gasteiger partial charge in [-0.3, -0.25) is 15.0 Å². The van der Waals surface area contributed by atoms with Crippen LogP contribution in [0.25, 0.3) is 0 Å². The molecule has 22 heavy (non-hydrogen) atoms. The summed E-state index contributed by atoms with van der Waals surface area (Å²) in [5.41, 5.74) is 0. The third-order valence-corrected chi connectivity index (χ3v) is 5.15. The van der Waals surface area contributed by atoms with E-state index in [4.69, 9.17) is 0 Å². The van der Waals surface area contributed by atoms with E-state index in [-0.39, 0.29) is 17.8 Å². The second-order valence-electron chi connectivity index (χ2n) is 7.10. The minimum Gasteiger partial charge on any atom is -0.378 e. The quantitative estimate of drug-likeness (QED) is 0.608. The topological polar surface area (TPSA) is 64.6 Å². The monoisotopic (exact) mass is 311 g/mol. The highest BCUT2D eigenvalue weighted by molar-refractivity contribution is 5.83. The van der Waals surface area contributed by atoms with Crippen molar-refractivity contribution in [2.75, 3.05) is 39.3 Å². The van der Waals surface area contributed by atoms with Crippen LogP contribution in [0.5, 0.6) is 0 Å². The van der Waals surface area contributed by atoms with E-state index in [1.807, 2.05) is 13.8 Å². The molecule has 0 amide bonds. The molecule has 2 aliphatic rings. The van der Waals surface area contributed by atoms with Crippen molar-refractivity contribution in [3.63, 3.8) is 0 Å². The Morgan fingerprint density at radius 3 is 2.64 bits per heavy atom. The summed E-state index contributed by atoms with van der Waals surface area (Å²) in [5.74, 6) is 0.522. The van der Waals surface area contributed by atoms with Gasteiger partial charge >= 0.3 is 0 Å². The average Bonchev–Trinajstić information content (AvgIpc) is 2.55. The molecule has 1 aliphatic heterocycles. The van der Waals surface area contributed by atoms with Crippen molar-refractivity contribution in [1.82, 2.24) is 15.5 Å². The smallest absolute Gasteiger partial charge is 0.138 e. The Labute approximate surface area is 134 Å². The summed E-state index contributed by atoms with van der Waals surface area (Å²) >= 11 is 0. The summed E-state index contributed by atoms with van der Waals surface area (Å²) in [6.07, 6.45) is 3.61. The van der Waals surface area contributed by atoms with Crippen LogP contribution in [-0.4, -0.2) is 61.3 Å². The number of Topliss-reactive ketones (excluding diaryl/α,β-unsaturated/α-hetero) is 1. The molecule has 5 heteroatoms. The minimum atomic E-state index is -0.545. The normalized spacial score (nSPS) is 28.7. The number of carbonyl (C=O) groups excluding carboxylic acids is 1. The van der Waals surface area contributed by atoms with Crippen LogP contribution in [-0.2, 0) is 4.79 Å². The Kier molecular flexibility index (Phi) is 7.28. The Bertz CT molecular complexity index is 343. The van der Waals surface area contributed by atoms with Gasteiger partial charge in [-0.15, -0.1) is 0 Å². The molecule has 2 rings (SSSR count). The lowest BCUT2D eigenvalue weighted by atomic mass is 9.73. The lowest BCUT2D eigenvalue weighted by Gasteiger charge is -2.35. The predicted molar refractivity (Wildman–Crippen MR) is 88.6 cm³/mol. The van der Waals surface area contributed by atoms with Crippen molar-refractivity contribution in [3.05, 3.63) is 0 Å². The van der Waals surface area contributed by atoms with E-state index in [9.17, 15) is 9.90 Å². The molecule has 0 spiro atoms. The van der Waals surface area contributed by atoms with Crippen LogP contribution < -0.4 is 10.6 Å². The van der Waals surface area contributed by atoms with E-state index in [2.05, 4.69) is 15.5 Å². The number of aliphatic hydroxyl groups is 1. The van der Waals surface area contributed by atoms with Gasteiger partial charge in [0.25, 0.3) is 0 Å². The third kappa shape index (κ3) is 5.01. The molecule has 0 aromatic carbocycles. The molecule has 1 saturated carbocycles. The highest BCUT2D eigenvalue weighted by atomic mass is 16.3. The van der Waals surface area contributed by atoms with Crippen LogP contribution in [0.1, 0.15) is 39.5 Å². The molecule has 3 N–H and O–H groups in total. The maximum absolute atomic E-state index is 12.4. The van der Waals surface area contributed by atoms with Gasteiger partial charge in [-0.05, 0) is 12.8 Å². The highest BCUT2D eigenvalue weighted by Gasteiger charge is 2.35. The third-order valence-electron chi connectivity index (χ3n) is 5.15. The van der Waals surface area contributed by atoms with Crippen molar-refractivity contribution >= 4 is 5.78 Å². The van der Waals surface area contributed by atoms with E-state index >= 15 is 0 Å². The van der Waals surface area contributed by atoms with Gasteiger partial charge in [0.05, 0.1) is 0 Å². The van der Waals surface area contributed by atoms with Crippen molar-refractivity contribution in [3.8, 4) is 0 Å². The van der Waals surface area contributed by atoms with E-state index < -0.39 is 6.23 Å². The van der Waals surface area contributed by atoms with Crippen molar-refractivity contribution in [2.24, 2.45) is 17.8 Å². The summed E-state index contributed by atoms with van der Waals surface area (Å²) in [4.78, 5) is 14.8. The number of rotatable bonds is 7. The average molecular weight is 311 g/mol. The minimum absolute atomic E-state index is 0.0374. The van der Waals surface area contributed by atoms with Crippen LogP contribution in [0.2, 0.25) is 0 Å². The standard InChI is InChI=1S/C17H33N3O2/c1-13(2)16(21)14-5-3-4-6-15(14)17(22)19-9-12-20-10-7-18-8-11-20/h13-15,17-19,22H,3-12H2,1-2H3. The van der Waals surface area contributed by atoms with E-state index in [1.54, 1.807) is 0 Å². The number of ketones is 1. The first-order valence-electron chi connectivity index (χ1n) is 8.98. The van der Waals surface area contributed by atoms with Crippen molar-refractivity contribution in [1.29, 1.82) is 0 Å². The molecular weight excluding hydrogens is 278 g/mol. The van der Waals surface area contributed by atoms with Gasteiger partial charge in [0.1, 0.15) is 12.0 Å². The Morgan fingerprint density at radius 2 is 1.95 bits per heavy atom. The number of aliphatic hydroxyl groups excluding tert-OH is 1. The van der Waals surface area contributed by atoms with E-state index in [1.165, 1.54) is 0 Å². The maximum atomic E-state index is 12.4. The zero-order valence-corrected chi connectivity index (χ0v) is 14.2. The van der Waals surface area contributed by atoms with Gasteiger partial charge in [0.15, 0.2) is 0 Å². The molecule has 0 bridgehead atoms. The first kappa shape index (κ1) is 17.9. The molecule has 3 unspecified atom stereocenters. The van der Waals surface area contributed by atoms with Gasteiger partial charge in [-0.25, -0.2) is 0 Å². The summed E-state index contributed by atoms with van der Waals surface area (Å²) in [6.45, 7) is 9.96. The Hall–Kier alpha value is -0.490. The molecule has 5 nitrogen and oxygen atoms in total. The van der Waals surface area contributed by atoms with Crippen LogP contribution in [0.15, 0.2) is 0 Å². The SMILES string of the molecule is CC(C)C(=O)C1CCCCC1C(O)NCCN1CCNCC1. The number of hydrogen-bond donors (Lipinski definition) is 3. The van der Waals surface area contributed by atoms with Crippen LogP contribution >= 0.6 is 0 Å². The van der Waals surface area contributed by atoms with E-state index in [0.29, 0.717) is 5.78 Å². The lowest BCUT2D eigenvalue weighted by molar-refractivity contribution is -0.131. The second kappa shape index (κ2) is 8.96.